The number of hydrogen-bond donors (Lipinski definition) is 2. The molecule has 3 aliphatic heterocycles. The molecule has 2 bridgehead atoms. The Balaban J connectivity index is 0.00000208. The van der Waals surface area contributed by atoms with Crippen LogP contribution in [0.25, 0.3) is 0 Å². The van der Waals surface area contributed by atoms with Crippen LogP contribution in [0.1, 0.15) is 25.7 Å². The summed E-state index contributed by atoms with van der Waals surface area (Å²) in [6.45, 7) is 1.85. The Morgan fingerprint density at radius 2 is 1.92 bits per heavy atom. The van der Waals surface area contributed by atoms with Crippen molar-refractivity contribution in [1.29, 1.82) is 0 Å². The number of hydrogen-bond acceptors (Lipinski definition) is 7. The van der Waals surface area contributed by atoms with Crippen LogP contribution in [0.3, 0.4) is 0 Å². The number of amides is 3. The predicted octanol–water partition coefficient (Wildman–Crippen LogP) is -4.48. The van der Waals surface area contributed by atoms with E-state index in [1.165, 1.54) is 4.90 Å². The van der Waals surface area contributed by atoms with E-state index in [1.54, 1.807) is 0 Å². The van der Waals surface area contributed by atoms with E-state index in [0.29, 0.717) is 17.9 Å². The standard InChI is InChI=1S/C12H20N4O6S.Na/c17-11(14-8-3-5-13-6-4-8)10-2-1-9-7-15(10)12(18)16(9)22-23(19,20)21;/h8-10,13H,1-7H2,(H,14,17)(H,19,20,21);/q;+1/p-1/t9-,10+;/m1./s1. The van der Waals surface area contributed by atoms with Crippen molar-refractivity contribution in [3.63, 3.8) is 0 Å². The summed E-state index contributed by atoms with van der Waals surface area (Å²) in [5.41, 5.74) is 0. The fourth-order valence-electron chi connectivity index (χ4n) is 3.36. The summed E-state index contributed by atoms with van der Waals surface area (Å²) in [7, 11) is -5.02. The molecule has 130 valence electrons. The second-order valence-electron chi connectivity index (χ2n) is 6.02. The van der Waals surface area contributed by atoms with E-state index in [-0.39, 0.29) is 48.1 Å². The largest absolute Gasteiger partial charge is 1.00 e. The van der Waals surface area contributed by atoms with E-state index in [9.17, 15) is 22.6 Å². The van der Waals surface area contributed by atoms with Crippen molar-refractivity contribution in [2.45, 2.75) is 43.8 Å². The number of nitrogens with zero attached hydrogens (tertiary/aromatic N) is 2. The van der Waals surface area contributed by atoms with Gasteiger partial charge in [-0.25, -0.2) is 13.2 Å². The summed E-state index contributed by atoms with van der Waals surface area (Å²) in [4.78, 5) is 25.9. The first-order valence-electron chi connectivity index (χ1n) is 7.61. The summed E-state index contributed by atoms with van der Waals surface area (Å²) in [6, 6.07) is -1.85. The molecule has 3 rings (SSSR count). The first-order valence-corrected chi connectivity index (χ1v) is 8.95. The number of nitrogens with one attached hydrogen (secondary N) is 2. The van der Waals surface area contributed by atoms with Gasteiger partial charge in [-0.3, -0.25) is 4.79 Å². The average molecular weight is 370 g/mol. The van der Waals surface area contributed by atoms with Crippen molar-refractivity contribution >= 4 is 22.3 Å². The van der Waals surface area contributed by atoms with Gasteiger partial charge in [-0.15, -0.1) is 0 Å². The van der Waals surface area contributed by atoms with Crippen molar-refractivity contribution in [1.82, 2.24) is 20.6 Å². The average Bonchev–Trinajstić information content (AvgIpc) is 2.72. The number of carbonyl (C=O) groups excluding carboxylic acids is 2. The van der Waals surface area contributed by atoms with Gasteiger partial charge in [0.15, 0.2) is 0 Å². The van der Waals surface area contributed by atoms with Gasteiger partial charge in [-0.1, -0.05) is 0 Å². The van der Waals surface area contributed by atoms with Crippen LogP contribution in [0, 0.1) is 0 Å². The monoisotopic (exact) mass is 370 g/mol. The zero-order chi connectivity index (χ0) is 16.6. The zero-order valence-corrected chi connectivity index (χ0v) is 16.3. The van der Waals surface area contributed by atoms with Crippen LogP contribution in [0.4, 0.5) is 4.79 Å². The smallest absolute Gasteiger partial charge is 0.724 e. The van der Waals surface area contributed by atoms with E-state index in [0.717, 1.165) is 25.9 Å². The van der Waals surface area contributed by atoms with Crippen LogP contribution in [0.15, 0.2) is 0 Å². The van der Waals surface area contributed by atoms with E-state index < -0.39 is 28.5 Å². The number of rotatable bonds is 4. The Labute approximate surface area is 162 Å². The normalized spacial score (nSPS) is 27.8. The summed E-state index contributed by atoms with van der Waals surface area (Å²) < 4.78 is 36.4. The number of fused-ring (bicyclic) bond motifs is 2. The molecule has 0 aromatic heterocycles. The molecule has 3 amide bonds. The molecular formula is C12H19N4NaO6S. The molecular weight excluding hydrogens is 351 g/mol. The van der Waals surface area contributed by atoms with Gasteiger partial charge >= 0.3 is 35.6 Å². The van der Waals surface area contributed by atoms with Gasteiger partial charge in [0.2, 0.25) is 16.3 Å². The molecule has 2 N–H and O–H groups in total. The van der Waals surface area contributed by atoms with Gasteiger partial charge in [0.05, 0.1) is 6.04 Å². The Kier molecular flexibility index (Phi) is 6.51. The molecule has 24 heavy (non-hydrogen) atoms. The van der Waals surface area contributed by atoms with E-state index in [2.05, 4.69) is 14.9 Å². The van der Waals surface area contributed by atoms with Gasteiger partial charge < -0.3 is 20.1 Å². The molecule has 10 nitrogen and oxygen atoms in total. The molecule has 12 heteroatoms. The van der Waals surface area contributed by atoms with Crippen LogP contribution in [0.5, 0.6) is 0 Å². The summed E-state index contributed by atoms with van der Waals surface area (Å²) >= 11 is 0. The minimum absolute atomic E-state index is 0. The number of urea groups is 1. The Hall–Kier alpha value is -0.430. The summed E-state index contributed by atoms with van der Waals surface area (Å²) in [5.74, 6) is -0.240. The molecule has 3 heterocycles. The number of piperidine rings is 2. The molecule has 2 atom stereocenters. The molecule has 0 aliphatic carbocycles. The zero-order valence-electron chi connectivity index (χ0n) is 13.4. The van der Waals surface area contributed by atoms with Crippen molar-refractivity contribution in [3.8, 4) is 0 Å². The number of carbonyl (C=O) groups is 2. The third-order valence-corrected chi connectivity index (χ3v) is 4.83. The molecule has 0 aromatic rings. The molecule has 0 spiro atoms. The van der Waals surface area contributed by atoms with Crippen molar-refractivity contribution in [3.05, 3.63) is 0 Å². The fourth-order valence-corrected chi connectivity index (χ4v) is 3.75. The van der Waals surface area contributed by atoms with Gasteiger partial charge in [0.25, 0.3) is 0 Å². The second kappa shape index (κ2) is 7.85. The minimum Gasteiger partial charge on any atom is -0.724 e. The third kappa shape index (κ3) is 4.40. The Morgan fingerprint density at radius 3 is 2.54 bits per heavy atom. The molecule has 3 aliphatic rings. The van der Waals surface area contributed by atoms with Crippen LogP contribution < -0.4 is 40.2 Å². The van der Waals surface area contributed by atoms with Crippen molar-refractivity contribution in [2.75, 3.05) is 19.6 Å². The minimum atomic E-state index is -5.02. The molecule has 3 saturated heterocycles. The third-order valence-electron chi connectivity index (χ3n) is 4.48. The predicted molar refractivity (Wildman–Crippen MR) is 75.6 cm³/mol. The van der Waals surface area contributed by atoms with E-state index in [1.807, 2.05) is 0 Å². The first kappa shape index (κ1) is 19.9. The molecule has 0 unspecified atom stereocenters. The maximum absolute atomic E-state index is 12.4. The Morgan fingerprint density at radius 1 is 1.25 bits per heavy atom. The quantitative estimate of drug-likeness (QED) is 0.290. The maximum Gasteiger partial charge on any atom is 1.00 e. The van der Waals surface area contributed by atoms with Crippen LogP contribution in [-0.2, 0) is 19.5 Å². The van der Waals surface area contributed by atoms with Crippen molar-refractivity contribution < 1.29 is 56.4 Å². The number of hydroxylamine groups is 2. The van der Waals surface area contributed by atoms with Gasteiger partial charge in [-0.2, -0.15) is 9.35 Å². The fraction of sp³-hybridized carbons (Fsp3) is 0.833. The molecule has 3 fully saturated rings. The van der Waals surface area contributed by atoms with Crippen LogP contribution in [-0.4, -0.2) is 72.6 Å². The summed E-state index contributed by atoms with van der Waals surface area (Å²) in [5, 5.41) is 6.73. The van der Waals surface area contributed by atoms with E-state index >= 15 is 0 Å². The Bertz CT molecular complexity index is 596. The first-order chi connectivity index (χ1) is 10.8. The van der Waals surface area contributed by atoms with Gasteiger partial charge in [0, 0.05) is 12.6 Å². The second-order valence-corrected chi connectivity index (χ2v) is 6.99. The molecule has 0 aromatic carbocycles. The maximum atomic E-state index is 12.4. The topological polar surface area (TPSA) is 131 Å². The molecule has 0 saturated carbocycles. The van der Waals surface area contributed by atoms with Gasteiger partial charge in [0.1, 0.15) is 6.04 Å². The van der Waals surface area contributed by atoms with Crippen LogP contribution in [0.2, 0.25) is 0 Å². The van der Waals surface area contributed by atoms with Crippen molar-refractivity contribution in [2.24, 2.45) is 0 Å². The van der Waals surface area contributed by atoms with E-state index in [4.69, 9.17) is 0 Å². The summed E-state index contributed by atoms with van der Waals surface area (Å²) in [6.07, 6.45) is 2.48. The SMILES string of the molecule is O=C(NC1CCNCC1)[C@@H]1CC[C@@H]2CN1C(=O)N2OS(=O)(=O)[O-].[Na+]. The molecule has 0 radical (unpaired) electrons. The van der Waals surface area contributed by atoms with Gasteiger partial charge in [-0.05, 0) is 38.8 Å². The van der Waals surface area contributed by atoms with Crippen LogP contribution >= 0.6 is 0 Å².